The summed E-state index contributed by atoms with van der Waals surface area (Å²) in [6.07, 6.45) is 0.366. The summed E-state index contributed by atoms with van der Waals surface area (Å²) in [5, 5.41) is 0. The quantitative estimate of drug-likeness (QED) is 0.682. The molecule has 20 heavy (non-hydrogen) atoms. The van der Waals surface area contributed by atoms with Gasteiger partial charge in [0, 0.05) is 16.5 Å². The molecule has 0 spiro atoms. The van der Waals surface area contributed by atoms with Crippen molar-refractivity contribution in [1.82, 2.24) is 0 Å². The van der Waals surface area contributed by atoms with E-state index in [1.165, 1.54) is 0 Å². The highest BCUT2D eigenvalue weighted by Gasteiger charge is 2.12. The van der Waals surface area contributed by atoms with Crippen molar-refractivity contribution in [3.05, 3.63) is 62.0 Å². The monoisotopic (exact) mass is 396 g/mol. The summed E-state index contributed by atoms with van der Waals surface area (Å²) < 4.78 is 6.87. The lowest BCUT2D eigenvalue weighted by atomic mass is 10.0. The summed E-state index contributed by atoms with van der Waals surface area (Å²) in [7, 11) is 1.62. The first kappa shape index (κ1) is 15.3. The summed E-state index contributed by atoms with van der Waals surface area (Å²) in [6.45, 7) is 1.98. The van der Waals surface area contributed by atoms with E-state index in [-0.39, 0.29) is 5.78 Å². The molecule has 2 aromatic carbocycles. The van der Waals surface area contributed by atoms with Crippen LogP contribution in [0.4, 0.5) is 0 Å². The number of carbonyl (C=O) groups is 1. The van der Waals surface area contributed by atoms with Gasteiger partial charge >= 0.3 is 0 Å². The maximum absolute atomic E-state index is 12.4. The molecule has 0 N–H and O–H groups in total. The van der Waals surface area contributed by atoms with Crippen LogP contribution in [0.1, 0.15) is 21.5 Å². The maximum Gasteiger partial charge on any atom is 0.168 e. The molecule has 0 amide bonds. The summed E-state index contributed by atoms with van der Waals surface area (Å²) in [6, 6.07) is 11.5. The van der Waals surface area contributed by atoms with Crippen molar-refractivity contribution in [2.45, 2.75) is 13.3 Å². The third-order valence-electron chi connectivity index (χ3n) is 3.00. The molecule has 0 heterocycles. The molecule has 0 aliphatic carbocycles. The van der Waals surface area contributed by atoms with E-state index in [1.807, 2.05) is 43.3 Å². The molecule has 4 heteroatoms. The number of ether oxygens (including phenoxy) is 1. The highest BCUT2D eigenvalue weighted by molar-refractivity contribution is 9.10. The smallest absolute Gasteiger partial charge is 0.168 e. The lowest BCUT2D eigenvalue weighted by Gasteiger charge is -2.08. The number of aryl methyl sites for hydroxylation is 1. The van der Waals surface area contributed by atoms with Gasteiger partial charge in [0.15, 0.2) is 5.78 Å². The minimum atomic E-state index is 0.0950. The molecular formula is C16H14Br2O2. The number of benzene rings is 2. The van der Waals surface area contributed by atoms with Gasteiger partial charge in [-0.3, -0.25) is 4.79 Å². The van der Waals surface area contributed by atoms with Gasteiger partial charge in [0.1, 0.15) is 5.75 Å². The highest BCUT2D eigenvalue weighted by Crippen LogP contribution is 2.27. The number of hydrogen-bond donors (Lipinski definition) is 0. The average Bonchev–Trinajstić information content (AvgIpc) is 2.41. The fourth-order valence-electron chi connectivity index (χ4n) is 1.95. The Morgan fingerprint density at radius 3 is 2.50 bits per heavy atom. The predicted molar refractivity (Wildman–Crippen MR) is 87.6 cm³/mol. The molecule has 0 aromatic heterocycles. The highest BCUT2D eigenvalue weighted by atomic mass is 79.9. The molecule has 0 atom stereocenters. The van der Waals surface area contributed by atoms with Crippen molar-refractivity contribution < 1.29 is 9.53 Å². The molecule has 0 unspecified atom stereocenters. The predicted octanol–water partition coefficient (Wildman–Crippen LogP) is 4.95. The average molecular weight is 398 g/mol. The van der Waals surface area contributed by atoms with Crippen molar-refractivity contribution in [3.8, 4) is 5.75 Å². The second kappa shape index (κ2) is 6.55. The minimum absolute atomic E-state index is 0.0950. The van der Waals surface area contributed by atoms with E-state index in [2.05, 4.69) is 31.9 Å². The SMILES string of the molecule is COc1ccc(CC(=O)c2cc(C)ccc2Br)cc1Br. The molecule has 0 aliphatic heterocycles. The second-order valence-corrected chi connectivity index (χ2v) is 6.26. The summed E-state index contributed by atoms with van der Waals surface area (Å²) in [4.78, 5) is 12.4. The van der Waals surface area contributed by atoms with E-state index in [9.17, 15) is 4.79 Å². The molecule has 0 radical (unpaired) electrons. The van der Waals surface area contributed by atoms with Gasteiger partial charge in [-0.05, 0) is 52.7 Å². The normalized spacial score (nSPS) is 10.4. The Morgan fingerprint density at radius 2 is 1.85 bits per heavy atom. The number of ketones is 1. The second-order valence-electron chi connectivity index (χ2n) is 4.55. The Balaban J connectivity index is 2.23. The summed E-state index contributed by atoms with van der Waals surface area (Å²) in [5.41, 5.74) is 2.75. The first-order valence-electron chi connectivity index (χ1n) is 6.13. The zero-order valence-corrected chi connectivity index (χ0v) is 14.4. The van der Waals surface area contributed by atoms with Gasteiger partial charge in [0.2, 0.25) is 0 Å². The van der Waals surface area contributed by atoms with Crippen LogP contribution >= 0.6 is 31.9 Å². The van der Waals surface area contributed by atoms with Gasteiger partial charge in [-0.25, -0.2) is 0 Å². The Hall–Kier alpha value is -1.13. The van der Waals surface area contributed by atoms with Crippen LogP contribution in [0.3, 0.4) is 0 Å². The lowest BCUT2D eigenvalue weighted by Crippen LogP contribution is -2.05. The Kier molecular flexibility index (Phi) is 5.00. The molecule has 2 rings (SSSR count). The molecule has 2 aromatic rings. The zero-order valence-electron chi connectivity index (χ0n) is 11.2. The Labute approximate surface area is 135 Å². The molecule has 0 bridgehead atoms. The van der Waals surface area contributed by atoms with Crippen LogP contribution in [-0.4, -0.2) is 12.9 Å². The molecule has 0 fully saturated rings. The first-order valence-corrected chi connectivity index (χ1v) is 7.71. The van der Waals surface area contributed by atoms with Gasteiger partial charge < -0.3 is 4.74 Å². The first-order chi connectivity index (χ1) is 9.51. The number of methoxy groups -OCH3 is 1. The Morgan fingerprint density at radius 1 is 1.10 bits per heavy atom. The van der Waals surface area contributed by atoms with Gasteiger partial charge in [0.05, 0.1) is 11.6 Å². The van der Waals surface area contributed by atoms with Crippen molar-refractivity contribution in [2.75, 3.05) is 7.11 Å². The molecule has 0 saturated carbocycles. The minimum Gasteiger partial charge on any atom is -0.496 e. The van der Waals surface area contributed by atoms with Crippen LogP contribution in [0.5, 0.6) is 5.75 Å². The van der Waals surface area contributed by atoms with Crippen LogP contribution in [-0.2, 0) is 6.42 Å². The van der Waals surface area contributed by atoms with E-state index in [4.69, 9.17) is 4.74 Å². The zero-order chi connectivity index (χ0) is 14.7. The number of carbonyl (C=O) groups excluding carboxylic acids is 1. The molecular weight excluding hydrogens is 384 g/mol. The van der Waals surface area contributed by atoms with E-state index in [1.54, 1.807) is 7.11 Å². The van der Waals surface area contributed by atoms with Crippen molar-refractivity contribution in [2.24, 2.45) is 0 Å². The van der Waals surface area contributed by atoms with Crippen LogP contribution in [0.2, 0.25) is 0 Å². The largest absolute Gasteiger partial charge is 0.496 e. The van der Waals surface area contributed by atoms with Gasteiger partial charge in [-0.2, -0.15) is 0 Å². The number of hydrogen-bond acceptors (Lipinski definition) is 2. The van der Waals surface area contributed by atoms with Crippen LogP contribution in [0.15, 0.2) is 45.3 Å². The fourth-order valence-corrected chi connectivity index (χ4v) is 3.01. The molecule has 0 aliphatic rings. The van der Waals surface area contributed by atoms with Crippen molar-refractivity contribution in [1.29, 1.82) is 0 Å². The van der Waals surface area contributed by atoms with E-state index in [0.717, 1.165) is 31.4 Å². The number of Topliss-reactive ketones (excluding diaryl/α,β-unsaturated/α-hetero) is 1. The maximum atomic E-state index is 12.4. The van der Waals surface area contributed by atoms with Gasteiger partial charge in [0.25, 0.3) is 0 Å². The fraction of sp³-hybridized carbons (Fsp3) is 0.188. The van der Waals surface area contributed by atoms with E-state index in [0.29, 0.717) is 6.42 Å². The van der Waals surface area contributed by atoms with Crippen LogP contribution in [0, 0.1) is 6.92 Å². The van der Waals surface area contributed by atoms with E-state index >= 15 is 0 Å². The molecule has 2 nitrogen and oxygen atoms in total. The summed E-state index contributed by atoms with van der Waals surface area (Å²) >= 11 is 6.87. The van der Waals surface area contributed by atoms with Crippen LogP contribution < -0.4 is 4.74 Å². The standard InChI is InChI=1S/C16H14Br2O2/c1-10-3-5-13(17)12(7-10)15(19)9-11-4-6-16(20-2)14(18)8-11/h3-8H,9H2,1-2H3. The third-order valence-corrected chi connectivity index (χ3v) is 4.31. The van der Waals surface area contributed by atoms with E-state index < -0.39 is 0 Å². The molecule has 104 valence electrons. The summed E-state index contributed by atoms with van der Waals surface area (Å²) in [5.74, 6) is 0.857. The van der Waals surface area contributed by atoms with Crippen LogP contribution in [0.25, 0.3) is 0 Å². The third kappa shape index (κ3) is 3.49. The lowest BCUT2D eigenvalue weighted by molar-refractivity contribution is 0.0992. The Bertz CT molecular complexity index is 651. The van der Waals surface area contributed by atoms with Crippen molar-refractivity contribution >= 4 is 37.6 Å². The van der Waals surface area contributed by atoms with Gasteiger partial charge in [-0.15, -0.1) is 0 Å². The number of rotatable bonds is 4. The van der Waals surface area contributed by atoms with Crippen molar-refractivity contribution in [3.63, 3.8) is 0 Å². The molecule has 0 saturated heterocycles. The number of halogens is 2. The van der Waals surface area contributed by atoms with Gasteiger partial charge in [-0.1, -0.05) is 33.6 Å². The topological polar surface area (TPSA) is 26.3 Å².